The predicted molar refractivity (Wildman–Crippen MR) is 96.9 cm³/mol. The Morgan fingerprint density at radius 1 is 1.22 bits per heavy atom. The van der Waals surface area contributed by atoms with Gasteiger partial charge in [-0.15, -0.1) is 0 Å². The van der Waals surface area contributed by atoms with Gasteiger partial charge in [-0.05, 0) is 45.4 Å². The minimum atomic E-state index is -3.99. The van der Waals surface area contributed by atoms with Gasteiger partial charge in [-0.1, -0.05) is 17.3 Å². The zero-order chi connectivity index (χ0) is 20.4. The molecule has 2 unspecified atom stereocenters. The van der Waals surface area contributed by atoms with E-state index in [9.17, 15) is 18.0 Å². The van der Waals surface area contributed by atoms with Crippen LogP contribution in [0.15, 0.2) is 33.7 Å². The first kappa shape index (κ1) is 20.6. The number of carboxylic acid groups (broad SMARTS) is 1. The number of carbonyl (C=O) groups excluding carboxylic acids is 1. The first-order valence-electron chi connectivity index (χ1n) is 8.11. The van der Waals surface area contributed by atoms with E-state index in [2.05, 4.69) is 15.2 Å². The molecule has 1 amide bonds. The molecule has 0 bridgehead atoms. The second-order valence-electron chi connectivity index (χ2n) is 6.17. The van der Waals surface area contributed by atoms with E-state index in [1.54, 1.807) is 18.2 Å². The van der Waals surface area contributed by atoms with Crippen LogP contribution in [-0.4, -0.2) is 36.6 Å². The number of carboxylic acids is 1. The molecular weight excluding hydrogens is 374 g/mol. The Morgan fingerprint density at radius 3 is 2.44 bits per heavy atom. The van der Waals surface area contributed by atoms with Crippen LogP contribution in [0.2, 0.25) is 0 Å². The summed E-state index contributed by atoms with van der Waals surface area (Å²) < 4.78 is 32.1. The average Bonchev–Trinajstić information content (AvgIpc) is 2.93. The van der Waals surface area contributed by atoms with Gasteiger partial charge in [0.25, 0.3) is 0 Å². The lowest BCUT2D eigenvalue weighted by Gasteiger charge is -2.15. The number of hydrogen-bond donors (Lipinski definition) is 3. The molecule has 0 fully saturated rings. The van der Waals surface area contributed by atoms with E-state index in [1.807, 2.05) is 0 Å². The maximum Gasteiger partial charge on any atom is 0.310 e. The summed E-state index contributed by atoms with van der Waals surface area (Å²) in [7, 11) is -3.99. The van der Waals surface area contributed by atoms with E-state index in [4.69, 9.17) is 9.63 Å². The SMILES string of the molecule is Cc1noc(C)c1S(=O)(=O)NC(C)C(=O)Nc1cccc(C(C)C(=O)O)c1. The van der Waals surface area contributed by atoms with E-state index in [1.165, 1.54) is 33.8 Å². The molecular formula is C17H21N3O6S. The molecule has 2 aromatic rings. The highest BCUT2D eigenvalue weighted by Gasteiger charge is 2.28. The largest absolute Gasteiger partial charge is 0.481 e. The normalized spacial score (nSPS) is 13.8. The number of benzene rings is 1. The van der Waals surface area contributed by atoms with Crippen LogP contribution in [0, 0.1) is 13.8 Å². The number of nitrogens with zero attached hydrogens (tertiary/aromatic N) is 1. The Morgan fingerprint density at radius 2 is 1.89 bits per heavy atom. The van der Waals surface area contributed by atoms with E-state index >= 15 is 0 Å². The molecule has 0 spiro atoms. The fourth-order valence-electron chi connectivity index (χ4n) is 2.48. The summed E-state index contributed by atoms with van der Waals surface area (Å²) in [4.78, 5) is 23.3. The fourth-order valence-corrected chi connectivity index (χ4v) is 4.01. The molecule has 0 aliphatic heterocycles. The van der Waals surface area contributed by atoms with Crippen molar-refractivity contribution in [3.8, 4) is 0 Å². The lowest BCUT2D eigenvalue weighted by atomic mass is 10.0. The van der Waals surface area contributed by atoms with Crippen LogP contribution < -0.4 is 10.0 Å². The summed E-state index contributed by atoms with van der Waals surface area (Å²) in [6, 6.07) is 5.29. The number of aliphatic carboxylic acids is 1. The maximum atomic E-state index is 12.5. The van der Waals surface area contributed by atoms with Crippen molar-refractivity contribution in [1.29, 1.82) is 0 Å². The van der Waals surface area contributed by atoms with Crippen molar-refractivity contribution in [3.63, 3.8) is 0 Å². The van der Waals surface area contributed by atoms with Crippen LogP contribution in [0.4, 0.5) is 5.69 Å². The zero-order valence-electron chi connectivity index (χ0n) is 15.3. The minimum absolute atomic E-state index is 0.0977. The van der Waals surface area contributed by atoms with Crippen LogP contribution in [0.5, 0.6) is 0 Å². The average molecular weight is 395 g/mol. The Kier molecular flexibility index (Phi) is 6.01. The Balaban J connectivity index is 2.12. The molecule has 27 heavy (non-hydrogen) atoms. The highest BCUT2D eigenvalue weighted by atomic mass is 32.2. The van der Waals surface area contributed by atoms with Gasteiger partial charge in [0, 0.05) is 5.69 Å². The Labute approximate surface area is 156 Å². The second-order valence-corrected chi connectivity index (χ2v) is 7.82. The number of hydrogen-bond acceptors (Lipinski definition) is 6. The Bertz CT molecular complexity index is 947. The van der Waals surface area contributed by atoms with Crippen molar-refractivity contribution in [1.82, 2.24) is 9.88 Å². The number of amides is 1. The van der Waals surface area contributed by atoms with Crippen molar-refractivity contribution >= 4 is 27.6 Å². The summed E-state index contributed by atoms with van der Waals surface area (Å²) in [5.74, 6) is -2.19. The molecule has 0 aliphatic rings. The molecule has 0 saturated heterocycles. The predicted octanol–water partition coefficient (Wildman–Crippen LogP) is 1.79. The van der Waals surface area contributed by atoms with Crippen LogP contribution in [0.3, 0.4) is 0 Å². The molecule has 1 aromatic heterocycles. The Hall–Kier alpha value is -2.72. The number of aryl methyl sites for hydroxylation is 2. The molecule has 2 atom stereocenters. The smallest absolute Gasteiger partial charge is 0.310 e. The highest BCUT2D eigenvalue weighted by molar-refractivity contribution is 7.89. The zero-order valence-corrected chi connectivity index (χ0v) is 16.1. The van der Waals surface area contributed by atoms with Crippen molar-refractivity contribution in [3.05, 3.63) is 41.3 Å². The number of rotatable bonds is 7. The molecule has 1 aromatic carbocycles. The molecule has 9 nitrogen and oxygen atoms in total. The van der Waals surface area contributed by atoms with Gasteiger partial charge in [-0.3, -0.25) is 9.59 Å². The van der Waals surface area contributed by atoms with E-state index in [-0.39, 0.29) is 16.3 Å². The minimum Gasteiger partial charge on any atom is -0.481 e. The second kappa shape index (κ2) is 7.89. The number of anilines is 1. The fraction of sp³-hybridized carbons (Fsp3) is 0.353. The molecule has 0 saturated carbocycles. The van der Waals surface area contributed by atoms with Gasteiger partial charge in [0.2, 0.25) is 15.9 Å². The summed E-state index contributed by atoms with van der Waals surface area (Å²) in [6.45, 7) is 5.89. The van der Waals surface area contributed by atoms with Crippen LogP contribution in [0.25, 0.3) is 0 Å². The first-order chi connectivity index (χ1) is 12.5. The van der Waals surface area contributed by atoms with Gasteiger partial charge in [0.05, 0.1) is 12.0 Å². The van der Waals surface area contributed by atoms with E-state index in [0.717, 1.165) is 0 Å². The number of aromatic nitrogens is 1. The molecule has 3 N–H and O–H groups in total. The molecule has 1 heterocycles. The monoisotopic (exact) mass is 395 g/mol. The number of carbonyl (C=O) groups is 2. The molecule has 0 aliphatic carbocycles. The third-order valence-corrected chi connectivity index (χ3v) is 5.77. The van der Waals surface area contributed by atoms with Gasteiger partial charge in [-0.2, -0.15) is 4.72 Å². The molecule has 146 valence electrons. The van der Waals surface area contributed by atoms with Crippen molar-refractivity contribution in [2.24, 2.45) is 0 Å². The van der Waals surface area contributed by atoms with Gasteiger partial charge in [0.1, 0.15) is 10.6 Å². The number of sulfonamides is 1. The quantitative estimate of drug-likeness (QED) is 0.649. The van der Waals surface area contributed by atoms with Crippen LogP contribution in [-0.2, 0) is 19.6 Å². The molecule has 2 rings (SSSR count). The van der Waals surface area contributed by atoms with Gasteiger partial charge in [0.15, 0.2) is 5.76 Å². The van der Waals surface area contributed by atoms with Gasteiger partial charge < -0.3 is 14.9 Å². The van der Waals surface area contributed by atoms with Crippen molar-refractivity contribution in [2.45, 2.75) is 44.6 Å². The lowest BCUT2D eigenvalue weighted by Crippen LogP contribution is -2.41. The van der Waals surface area contributed by atoms with Gasteiger partial charge >= 0.3 is 5.97 Å². The summed E-state index contributed by atoms with van der Waals surface area (Å²) in [5, 5.41) is 15.3. The summed E-state index contributed by atoms with van der Waals surface area (Å²) >= 11 is 0. The summed E-state index contributed by atoms with van der Waals surface area (Å²) in [5.41, 5.74) is 1.08. The number of nitrogens with one attached hydrogen (secondary N) is 2. The maximum absolute atomic E-state index is 12.5. The lowest BCUT2D eigenvalue weighted by molar-refractivity contribution is -0.138. The molecule has 0 radical (unpaired) electrons. The third kappa shape index (κ3) is 4.72. The van der Waals surface area contributed by atoms with Gasteiger partial charge in [-0.25, -0.2) is 8.42 Å². The molecule has 10 heteroatoms. The topological polar surface area (TPSA) is 139 Å². The third-order valence-electron chi connectivity index (χ3n) is 3.99. The van der Waals surface area contributed by atoms with Crippen molar-refractivity contribution in [2.75, 3.05) is 5.32 Å². The first-order valence-corrected chi connectivity index (χ1v) is 9.60. The summed E-state index contributed by atoms with van der Waals surface area (Å²) in [6.07, 6.45) is 0. The standard InChI is InChI=1S/C17H21N3O6S/c1-9(17(22)23)13-6-5-7-14(8-13)18-16(21)11(3)20-27(24,25)15-10(2)19-26-12(15)4/h5-9,11,20H,1-4H3,(H,18,21)(H,22,23). The van der Waals surface area contributed by atoms with Crippen molar-refractivity contribution < 1.29 is 27.6 Å². The highest BCUT2D eigenvalue weighted by Crippen LogP contribution is 2.21. The van der Waals surface area contributed by atoms with Crippen LogP contribution in [0.1, 0.15) is 36.8 Å². The van der Waals surface area contributed by atoms with Crippen LogP contribution >= 0.6 is 0 Å². The van der Waals surface area contributed by atoms with E-state index in [0.29, 0.717) is 11.3 Å². The van der Waals surface area contributed by atoms with E-state index < -0.39 is 33.9 Å².